The average Bonchev–Trinajstić information content (AvgIpc) is 3.04. The third-order valence-corrected chi connectivity index (χ3v) is 5.12. The van der Waals surface area contributed by atoms with Crippen molar-refractivity contribution in [3.63, 3.8) is 0 Å². The van der Waals surface area contributed by atoms with Crippen molar-refractivity contribution in [2.75, 3.05) is 12.4 Å². The third-order valence-electron chi connectivity index (χ3n) is 4.89. The molecule has 0 spiro atoms. The fourth-order valence-electron chi connectivity index (χ4n) is 3.80. The summed E-state index contributed by atoms with van der Waals surface area (Å²) in [7, 11) is 1.56. The predicted octanol–water partition coefficient (Wildman–Crippen LogP) is 4.88. The first kappa shape index (κ1) is 14.5. The highest BCUT2D eigenvalue weighted by Crippen LogP contribution is 2.50. The van der Waals surface area contributed by atoms with Crippen LogP contribution in [0.1, 0.15) is 29.5 Å². The lowest BCUT2D eigenvalue weighted by Crippen LogP contribution is -2.29. The zero-order valence-electron chi connectivity index (χ0n) is 12.8. The Hall–Kier alpha value is -2.13. The molecule has 118 valence electrons. The van der Waals surface area contributed by atoms with Crippen molar-refractivity contribution in [1.82, 2.24) is 0 Å². The van der Waals surface area contributed by atoms with Crippen LogP contribution in [0.4, 0.5) is 5.69 Å². The molecule has 0 amide bonds. The molecule has 1 aliphatic carbocycles. The molecule has 2 aromatic rings. The summed E-state index contributed by atoms with van der Waals surface area (Å²) < 4.78 is 5.15. The summed E-state index contributed by atoms with van der Waals surface area (Å²) in [6.45, 7) is 0. The largest absolute Gasteiger partial charge is 0.504 e. The molecular formula is C19H18ClNO2. The summed E-state index contributed by atoms with van der Waals surface area (Å²) in [5.74, 6) is 1.46. The van der Waals surface area contributed by atoms with Crippen LogP contribution in [0.25, 0.3) is 0 Å². The van der Waals surface area contributed by atoms with Crippen LogP contribution < -0.4 is 10.1 Å². The summed E-state index contributed by atoms with van der Waals surface area (Å²) in [4.78, 5) is 0. The van der Waals surface area contributed by atoms with E-state index < -0.39 is 0 Å². The van der Waals surface area contributed by atoms with Gasteiger partial charge in [-0.1, -0.05) is 29.8 Å². The molecule has 2 aliphatic rings. The molecule has 2 N–H and O–H groups in total. The molecule has 0 fully saturated rings. The molecule has 2 aromatic carbocycles. The van der Waals surface area contributed by atoms with E-state index in [0.717, 1.165) is 22.7 Å². The fraction of sp³-hybridized carbons (Fsp3) is 0.263. The summed E-state index contributed by atoms with van der Waals surface area (Å²) in [5.41, 5.74) is 3.44. The Morgan fingerprint density at radius 1 is 1.22 bits per heavy atom. The first-order valence-electron chi connectivity index (χ1n) is 7.77. The Labute approximate surface area is 140 Å². The smallest absolute Gasteiger partial charge is 0.160 e. The molecule has 23 heavy (non-hydrogen) atoms. The van der Waals surface area contributed by atoms with E-state index in [1.165, 1.54) is 5.56 Å². The molecule has 0 saturated carbocycles. The van der Waals surface area contributed by atoms with Crippen LogP contribution in [0.2, 0.25) is 5.02 Å². The van der Waals surface area contributed by atoms with Crippen molar-refractivity contribution >= 4 is 17.3 Å². The topological polar surface area (TPSA) is 41.5 Å². The van der Waals surface area contributed by atoms with Crippen molar-refractivity contribution in [1.29, 1.82) is 0 Å². The number of anilines is 1. The van der Waals surface area contributed by atoms with Gasteiger partial charge in [-0.3, -0.25) is 0 Å². The Balaban J connectivity index is 1.76. The Kier molecular flexibility index (Phi) is 3.46. The number of rotatable bonds is 2. The van der Waals surface area contributed by atoms with Gasteiger partial charge in [0, 0.05) is 16.6 Å². The highest BCUT2D eigenvalue weighted by Gasteiger charge is 2.38. The van der Waals surface area contributed by atoms with Gasteiger partial charge in [0.15, 0.2) is 11.5 Å². The second-order valence-electron chi connectivity index (χ2n) is 6.14. The second kappa shape index (κ2) is 5.50. The van der Waals surface area contributed by atoms with Gasteiger partial charge in [0.05, 0.1) is 13.2 Å². The van der Waals surface area contributed by atoms with Crippen LogP contribution in [-0.2, 0) is 0 Å². The molecule has 4 rings (SSSR count). The molecule has 0 aromatic heterocycles. The standard InChI is InChI=1S/C19H18ClNO2/c1-23-18-8-5-11(9-17(18)22)19-14-4-2-3-13(14)15-10-12(20)6-7-16(15)21-19/h2-3,5-10,13-14,19,21-22H,4H2,1H3. The summed E-state index contributed by atoms with van der Waals surface area (Å²) in [6, 6.07) is 11.8. The van der Waals surface area contributed by atoms with Crippen molar-refractivity contribution in [2.45, 2.75) is 18.4 Å². The zero-order chi connectivity index (χ0) is 16.0. The van der Waals surface area contributed by atoms with E-state index in [1.807, 2.05) is 24.3 Å². The number of allylic oxidation sites excluding steroid dienone is 2. The number of halogens is 1. The van der Waals surface area contributed by atoms with Crippen molar-refractivity contribution in [3.05, 3.63) is 64.7 Å². The van der Waals surface area contributed by atoms with Crippen LogP contribution in [0.3, 0.4) is 0 Å². The maximum absolute atomic E-state index is 10.1. The van der Waals surface area contributed by atoms with E-state index in [2.05, 4.69) is 23.5 Å². The number of phenolic OH excluding ortho intramolecular Hbond substituents is 1. The van der Waals surface area contributed by atoms with E-state index in [1.54, 1.807) is 13.2 Å². The van der Waals surface area contributed by atoms with E-state index >= 15 is 0 Å². The van der Waals surface area contributed by atoms with Gasteiger partial charge >= 0.3 is 0 Å². The maximum Gasteiger partial charge on any atom is 0.160 e. The molecule has 3 unspecified atom stereocenters. The molecule has 3 nitrogen and oxygen atoms in total. The number of benzene rings is 2. The van der Waals surface area contributed by atoms with Gasteiger partial charge in [-0.15, -0.1) is 0 Å². The predicted molar refractivity (Wildman–Crippen MR) is 92.5 cm³/mol. The van der Waals surface area contributed by atoms with E-state index in [9.17, 15) is 5.11 Å². The highest BCUT2D eigenvalue weighted by atomic mass is 35.5. The third kappa shape index (κ3) is 2.36. The second-order valence-corrected chi connectivity index (χ2v) is 6.57. The van der Waals surface area contributed by atoms with Crippen molar-refractivity contribution in [2.24, 2.45) is 5.92 Å². The molecule has 4 heteroatoms. The van der Waals surface area contributed by atoms with Gasteiger partial charge < -0.3 is 15.2 Å². The van der Waals surface area contributed by atoms with E-state index in [-0.39, 0.29) is 11.8 Å². The first-order chi connectivity index (χ1) is 11.2. The number of aromatic hydroxyl groups is 1. The quantitative estimate of drug-likeness (QED) is 0.772. The van der Waals surface area contributed by atoms with E-state index in [4.69, 9.17) is 16.3 Å². The van der Waals surface area contributed by atoms with Gasteiger partial charge in [-0.2, -0.15) is 0 Å². The number of methoxy groups -OCH3 is 1. The molecule has 1 heterocycles. The van der Waals surface area contributed by atoms with Crippen LogP contribution >= 0.6 is 11.6 Å². The number of hydrogen-bond acceptors (Lipinski definition) is 3. The molecule has 1 aliphatic heterocycles. The highest BCUT2D eigenvalue weighted by molar-refractivity contribution is 6.30. The minimum absolute atomic E-state index is 0.153. The van der Waals surface area contributed by atoms with Gasteiger partial charge in [0.1, 0.15) is 0 Å². The molecule has 0 saturated heterocycles. The van der Waals surface area contributed by atoms with E-state index in [0.29, 0.717) is 17.6 Å². The van der Waals surface area contributed by atoms with Crippen LogP contribution in [0.5, 0.6) is 11.5 Å². The minimum atomic E-state index is 0.153. The number of ether oxygens (including phenoxy) is 1. The number of nitrogens with one attached hydrogen (secondary N) is 1. The lowest BCUT2D eigenvalue weighted by atomic mass is 9.77. The molecule has 3 atom stereocenters. The average molecular weight is 328 g/mol. The first-order valence-corrected chi connectivity index (χ1v) is 8.14. The molecule has 0 bridgehead atoms. The van der Waals surface area contributed by atoms with Gasteiger partial charge in [0.2, 0.25) is 0 Å². The van der Waals surface area contributed by atoms with Gasteiger partial charge in [-0.25, -0.2) is 0 Å². The van der Waals surface area contributed by atoms with Crippen molar-refractivity contribution < 1.29 is 9.84 Å². The summed E-state index contributed by atoms with van der Waals surface area (Å²) >= 11 is 6.18. The maximum atomic E-state index is 10.1. The summed E-state index contributed by atoms with van der Waals surface area (Å²) in [6.07, 6.45) is 5.53. The Morgan fingerprint density at radius 3 is 2.87 bits per heavy atom. The monoisotopic (exact) mass is 327 g/mol. The number of phenols is 1. The van der Waals surface area contributed by atoms with Crippen LogP contribution in [0, 0.1) is 5.92 Å². The van der Waals surface area contributed by atoms with Gasteiger partial charge in [0.25, 0.3) is 0 Å². The van der Waals surface area contributed by atoms with Gasteiger partial charge in [-0.05, 0) is 53.8 Å². The normalized spacial score (nSPS) is 24.7. The lowest BCUT2D eigenvalue weighted by molar-refractivity contribution is 0.371. The lowest BCUT2D eigenvalue weighted by Gasteiger charge is -2.37. The Bertz CT molecular complexity index is 787. The van der Waals surface area contributed by atoms with Crippen LogP contribution in [0.15, 0.2) is 48.6 Å². The number of hydrogen-bond donors (Lipinski definition) is 2. The molecule has 0 radical (unpaired) electrons. The zero-order valence-corrected chi connectivity index (χ0v) is 13.5. The van der Waals surface area contributed by atoms with Crippen molar-refractivity contribution in [3.8, 4) is 11.5 Å². The fourth-order valence-corrected chi connectivity index (χ4v) is 3.98. The SMILES string of the molecule is COc1ccc(C2Nc3ccc(Cl)cc3C3C=CCC32)cc1O. The Morgan fingerprint density at radius 2 is 2.09 bits per heavy atom. The minimum Gasteiger partial charge on any atom is -0.504 e. The molecular weight excluding hydrogens is 310 g/mol. The summed E-state index contributed by atoms with van der Waals surface area (Å²) in [5, 5.41) is 14.5. The number of fused-ring (bicyclic) bond motifs is 3. The van der Waals surface area contributed by atoms with Crippen LogP contribution in [-0.4, -0.2) is 12.2 Å².